The first-order valence-corrected chi connectivity index (χ1v) is 9.18. The Morgan fingerprint density at radius 3 is 2.68 bits per heavy atom. The van der Waals surface area contributed by atoms with Gasteiger partial charge in [0, 0.05) is 30.1 Å². The first-order valence-electron chi connectivity index (χ1n) is 9.18. The summed E-state index contributed by atoms with van der Waals surface area (Å²) >= 11 is 0. The van der Waals surface area contributed by atoms with E-state index in [2.05, 4.69) is 10.3 Å². The van der Waals surface area contributed by atoms with Gasteiger partial charge in [0.15, 0.2) is 5.78 Å². The van der Waals surface area contributed by atoms with E-state index in [-0.39, 0.29) is 23.7 Å². The molecule has 1 amide bonds. The highest BCUT2D eigenvalue weighted by molar-refractivity contribution is 6.02. The number of fused-ring (bicyclic) bond motifs is 1. The number of aryl methyl sites for hydroxylation is 1. The molecular formula is C22H20N2O4. The second-order valence-electron chi connectivity index (χ2n) is 7.12. The molecule has 0 spiro atoms. The van der Waals surface area contributed by atoms with Gasteiger partial charge in [0.05, 0.1) is 6.26 Å². The van der Waals surface area contributed by atoms with E-state index in [1.165, 1.54) is 6.07 Å². The number of benzene rings is 1. The number of nitrogens with one attached hydrogen (secondary N) is 2. The molecule has 0 radical (unpaired) electrons. The molecule has 6 heteroatoms. The summed E-state index contributed by atoms with van der Waals surface area (Å²) in [6.07, 6.45) is 2.35. The average molecular weight is 376 g/mol. The molecular weight excluding hydrogens is 356 g/mol. The zero-order chi connectivity index (χ0) is 19.7. The maximum atomic E-state index is 12.6. The number of carbonyl (C=O) groups is 2. The predicted molar refractivity (Wildman–Crippen MR) is 104 cm³/mol. The molecule has 6 nitrogen and oxygen atoms in total. The summed E-state index contributed by atoms with van der Waals surface area (Å²) in [6.45, 7) is 2.30. The molecule has 2 N–H and O–H groups in total. The van der Waals surface area contributed by atoms with Gasteiger partial charge in [-0.3, -0.25) is 14.4 Å². The molecule has 4 rings (SSSR count). The molecule has 3 aromatic rings. The molecule has 1 atom stereocenters. The second kappa shape index (κ2) is 7.31. The maximum Gasteiger partial charge on any atom is 0.261 e. The van der Waals surface area contributed by atoms with E-state index in [0.717, 1.165) is 16.9 Å². The van der Waals surface area contributed by atoms with Crippen molar-refractivity contribution in [1.82, 2.24) is 10.3 Å². The quantitative estimate of drug-likeness (QED) is 0.732. The Morgan fingerprint density at radius 1 is 1.18 bits per heavy atom. The lowest BCUT2D eigenvalue weighted by Crippen LogP contribution is -2.32. The molecule has 0 fully saturated rings. The third-order valence-corrected chi connectivity index (χ3v) is 5.07. The van der Waals surface area contributed by atoms with E-state index in [1.807, 2.05) is 37.3 Å². The fourth-order valence-electron chi connectivity index (χ4n) is 3.51. The molecule has 0 bridgehead atoms. The summed E-state index contributed by atoms with van der Waals surface area (Å²) in [4.78, 5) is 40.2. The number of ketones is 1. The Labute approximate surface area is 161 Å². The van der Waals surface area contributed by atoms with Crippen molar-refractivity contribution in [3.63, 3.8) is 0 Å². The summed E-state index contributed by atoms with van der Waals surface area (Å²) in [5.74, 6) is 0.0173. The normalized spacial score (nSPS) is 15.9. The van der Waals surface area contributed by atoms with Crippen LogP contribution in [0.25, 0.3) is 0 Å². The zero-order valence-electron chi connectivity index (χ0n) is 15.5. The number of aromatic nitrogens is 1. The number of pyridine rings is 1. The van der Waals surface area contributed by atoms with Gasteiger partial charge < -0.3 is 14.7 Å². The van der Waals surface area contributed by atoms with Crippen LogP contribution < -0.4 is 10.9 Å². The van der Waals surface area contributed by atoms with Crippen molar-refractivity contribution in [2.24, 2.45) is 0 Å². The third kappa shape index (κ3) is 3.53. The van der Waals surface area contributed by atoms with Crippen LogP contribution in [0.3, 0.4) is 0 Å². The van der Waals surface area contributed by atoms with Gasteiger partial charge in [0.25, 0.3) is 11.5 Å². The lowest BCUT2D eigenvalue weighted by atomic mass is 9.84. The highest BCUT2D eigenvalue weighted by atomic mass is 16.3. The number of furan rings is 1. The van der Waals surface area contributed by atoms with Crippen molar-refractivity contribution < 1.29 is 14.0 Å². The van der Waals surface area contributed by atoms with E-state index in [9.17, 15) is 14.4 Å². The monoisotopic (exact) mass is 376 g/mol. The van der Waals surface area contributed by atoms with E-state index in [1.54, 1.807) is 12.3 Å². The van der Waals surface area contributed by atoms with Crippen LogP contribution in [0.2, 0.25) is 0 Å². The maximum absolute atomic E-state index is 12.6. The van der Waals surface area contributed by atoms with Gasteiger partial charge >= 0.3 is 0 Å². The number of H-pyrrole nitrogens is 1. The van der Waals surface area contributed by atoms with Gasteiger partial charge in [-0.1, -0.05) is 29.8 Å². The number of hydrogen-bond donors (Lipinski definition) is 2. The lowest BCUT2D eigenvalue weighted by molar-refractivity contribution is 0.0949. The number of hydrogen-bond acceptors (Lipinski definition) is 4. The van der Waals surface area contributed by atoms with Crippen LogP contribution in [0, 0.1) is 6.92 Å². The summed E-state index contributed by atoms with van der Waals surface area (Å²) in [7, 11) is 0. The van der Waals surface area contributed by atoms with Crippen LogP contribution in [0.15, 0.2) is 57.9 Å². The van der Waals surface area contributed by atoms with Crippen LogP contribution >= 0.6 is 0 Å². The number of Topliss-reactive ketones (excluding diaryl/α,β-unsaturated/α-hetero) is 1. The Hall–Kier alpha value is -3.41. The van der Waals surface area contributed by atoms with E-state index < -0.39 is 11.5 Å². The Bertz CT molecular complexity index is 1080. The second-order valence-corrected chi connectivity index (χ2v) is 7.12. The van der Waals surface area contributed by atoms with Crippen LogP contribution in [-0.4, -0.2) is 16.7 Å². The minimum atomic E-state index is -0.495. The van der Waals surface area contributed by atoms with Gasteiger partial charge in [-0.25, -0.2) is 0 Å². The molecule has 2 aromatic heterocycles. The Kier molecular flexibility index (Phi) is 4.69. The van der Waals surface area contributed by atoms with Crippen molar-refractivity contribution >= 4 is 11.7 Å². The molecule has 0 aliphatic heterocycles. The van der Waals surface area contributed by atoms with Crippen molar-refractivity contribution in [1.29, 1.82) is 0 Å². The molecule has 0 saturated heterocycles. The topological polar surface area (TPSA) is 92.2 Å². The zero-order valence-corrected chi connectivity index (χ0v) is 15.5. The molecule has 2 heterocycles. The molecule has 1 aliphatic rings. The minimum Gasteiger partial charge on any atom is -0.469 e. The van der Waals surface area contributed by atoms with E-state index >= 15 is 0 Å². The first-order chi connectivity index (χ1) is 13.5. The highest BCUT2D eigenvalue weighted by Crippen LogP contribution is 2.31. The van der Waals surface area contributed by atoms with Gasteiger partial charge in [-0.05, 0) is 37.1 Å². The molecule has 0 unspecified atom stereocenters. The van der Waals surface area contributed by atoms with Gasteiger partial charge in [-0.2, -0.15) is 0 Å². The van der Waals surface area contributed by atoms with Crippen LogP contribution in [-0.2, 0) is 13.0 Å². The summed E-state index contributed by atoms with van der Waals surface area (Å²) in [6, 6.07) is 12.8. The summed E-state index contributed by atoms with van der Waals surface area (Å²) in [5, 5.41) is 2.74. The number of rotatable bonds is 4. The number of aromatic amines is 1. The smallest absolute Gasteiger partial charge is 0.261 e. The van der Waals surface area contributed by atoms with Gasteiger partial charge in [-0.15, -0.1) is 0 Å². The molecule has 0 saturated carbocycles. The molecule has 1 aromatic carbocycles. The first kappa shape index (κ1) is 18.0. The number of amides is 1. The van der Waals surface area contributed by atoms with E-state index in [4.69, 9.17) is 4.42 Å². The molecule has 142 valence electrons. The van der Waals surface area contributed by atoms with Crippen molar-refractivity contribution in [2.45, 2.75) is 32.2 Å². The van der Waals surface area contributed by atoms with Crippen LogP contribution in [0.1, 0.15) is 55.6 Å². The van der Waals surface area contributed by atoms with Crippen LogP contribution in [0.5, 0.6) is 0 Å². The van der Waals surface area contributed by atoms with Crippen molar-refractivity contribution in [2.75, 3.05) is 0 Å². The van der Waals surface area contributed by atoms with Crippen LogP contribution in [0.4, 0.5) is 0 Å². The fraction of sp³-hybridized carbons (Fsp3) is 0.227. The summed E-state index contributed by atoms with van der Waals surface area (Å²) in [5.41, 5.74) is 2.49. The largest absolute Gasteiger partial charge is 0.469 e. The SMILES string of the molecule is Cc1ccc(CNC(=O)c2cc3c([nH]c2=O)C[C@@H](c2ccco2)CC3=O)cc1. The highest BCUT2D eigenvalue weighted by Gasteiger charge is 2.30. The standard InChI is InChI=1S/C22H20N2O4/c1-13-4-6-14(7-5-13)12-23-21(26)17-11-16-18(24-22(17)27)9-15(10-19(16)25)20-3-2-8-28-20/h2-8,11,15H,9-10,12H2,1H3,(H,23,26)(H,24,27)/t15-/m1/s1. The average Bonchev–Trinajstić information content (AvgIpc) is 3.21. The minimum absolute atomic E-state index is 0.0457. The third-order valence-electron chi connectivity index (χ3n) is 5.07. The van der Waals surface area contributed by atoms with Gasteiger partial charge in [0.1, 0.15) is 11.3 Å². The fourth-order valence-corrected chi connectivity index (χ4v) is 3.51. The summed E-state index contributed by atoms with van der Waals surface area (Å²) < 4.78 is 5.40. The van der Waals surface area contributed by atoms with E-state index in [0.29, 0.717) is 24.2 Å². The Balaban J connectivity index is 1.54. The Morgan fingerprint density at radius 2 is 1.96 bits per heavy atom. The molecule has 1 aliphatic carbocycles. The van der Waals surface area contributed by atoms with Crippen molar-refractivity contribution in [3.8, 4) is 0 Å². The van der Waals surface area contributed by atoms with Crippen molar-refractivity contribution in [3.05, 3.63) is 92.8 Å². The molecule has 28 heavy (non-hydrogen) atoms. The van der Waals surface area contributed by atoms with Gasteiger partial charge in [0.2, 0.25) is 0 Å². The lowest BCUT2D eigenvalue weighted by Gasteiger charge is -2.22. The number of carbonyl (C=O) groups excluding carboxylic acids is 2. The predicted octanol–water partition coefficient (Wildman–Crippen LogP) is 3.12.